The molecule has 5 rings (SSSR count). The van der Waals surface area contributed by atoms with Gasteiger partial charge >= 0.3 is 0 Å². The Morgan fingerprint density at radius 2 is 1.91 bits per heavy atom. The predicted molar refractivity (Wildman–Crippen MR) is 137 cm³/mol. The van der Waals surface area contributed by atoms with Crippen LogP contribution in [0.2, 0.25) is 0 Å². The monoisotopic (exact) mass is 489 g/mol. The molecule has 0 atom stereocenters. The van der Waals surface area contributed by atoms with Gasteiger partial charge in [-0.15, -0.1) is 11.3 Å². The van der Waals surface area contributed by atoms with Crippen molar-refractivity contribution in [2.45, 2.75) is 32.2 Å². The Labute approximate surface area is 207 Å². The van der Waals surface area contributed by atoms with Gasteiger partial charge in [0, 0.05) is 30.2 Å². The number of carbonyl (C=O) groups is 2. The van der Waals surface area contributed by atoms with Crippen LogP contribution < -0.4 is 10.6 Å². The fourth-order valence-electron chi connectivity index (χ4n) is 4.48. The Balaban J connectivity index is 1.46. The molecule has 1 aliphatic carbocycles. The minimum atomic E-state index is -0.304. The molecule has 2 aromatic heterocycles. The molecule has 0 saturated heterocycles. The van der Waals surface area contributed by atoms with Gasteiger partial charge in [-0.1, -0.05) is 30.3 Å². The average molecular weight is 490 g/mol. The van der Waals surface area contributed by atoms with Crippen molar-refractivity contribution in [3.05, 3.63) is 63.6 Å². The number of hydrogen-bond donors (Lipinski definition) is 2. The average Bonchev–Trinajstić information content (AvgIpc) is 3.44. The number of aryl methyl sites for hydroxylation is 3. The van der Waals surface area contributed by atoms with Crippen LogP contribution in [-0.2, 0) is 36.0 Å². The summed E-state index contributed by atoms with van der Waals surface area (Å²) in [6.07, 6.45) is 4.47. The number of benzene rings is 2. The number of imidazole rings is 1. The topological polar surface area (TPSA) is 98.1 Å². The summed E-state index contributed by atoms with van der Waals surface area (Å²) in [7, 11) is 3.36. The third-order valence-electron chi connectivity index (χ3n) is 6.10. The summed E-state index contributed by atoms with van der Waals surface area (Å²) in [6.45, 7) is 0.285. The normalized spacial score (nSPS) is 13.0. The van der Waals surface area contributed by atoms with E-state index in [2.05, 4.69) is 10.6 Å². The lowest BCUT2D eigenvalue weighted by Gasteiger charge is -2.11. The fourth-order valence-corrected chi connectivity index (χ4v) is 5.58. The Kier molecular flexibility index (Phi) is 6.61. The van der Waals surface area contributed by atoms with E-state index >= 15 is 0 Å². The van der Waals surface area contributed by atoms with Crippen molar-refractivity contribution >= 4 is 39.9 Å². The summed E-state index contributed by atoms with van der Waals surface area (Å²) in [5.41, 5.74) is 4.41. The van der Waals surface area contributed by atoms with Gasteiger partial charge in [0.1, 0.15) is 17.4 Å². The van der Waals surface area contributed by atoms with E-state index in [9.17, 15) is 9.59 Å². The number of carbonyl (C=O) groups excluding carboxylic acids is 2. The van der Waals surface area contributed by atoms with Crippen LogP contribution >= 0.6 is 11.3 Å². The van der Waals surface area contributed by atoms with Crippen molar-refractivity contribution in [3.8, 4) is 11.4 Å². The van der Waals surface area contributed by atoms with Crippen LogP contribution in [0.15, 0.2) is 42.5 Å². The van der Waals surface area contributed by atoms with Gasteiger partial charge in [0.15, 0.2) is 0 Å². The summed E-state index contributed by atoms with van der Waals surface area (Å²) in [6, 6.07) is 13.3. The molecule has 0 bridgehead atoms. The van der Waals surface area contributed by atoms with Crippen molar-refractivity contribution in [3.63, 3.8) is 0 Å². The summed E-state index contributed by atoms with van der Waals surface area (Å²) < 4.78 is 6.90. The van der Waals surface area contributed by atoms with E-state index < -0.39 is 0 Å². The van der Waals surface area contributed by atoms with Crippen LogP contribution in [0.1, 0.15) is 38.8 Å². The molecule has 2 N–H and O–H groups in total. The van der Waals surface area contributed by atoms with Crippen molar-refractivity contribution < 1.29 is 14.3 Å². The predicted octanol–water partition coefficient (Wildman–Crippen LogP) is 4.09. The second-order valence-electron chi connectivity index (χ2n) is 8.60. The lowest BCUT2D eigenvalue weighted by molar-refractivity contribution is -0.119. The zero-order chi connectivity index (χ0) is 24.4. The highest BCUT2D eigenvalue weighted by Crippen LogP contribution is 2.31. The van der Waals surface area contributed by atoms with Gasteiger partial charge in [-0.05, 0) is 37.8 Å². The van der Waals surface area contributed by atoms with Crippen LogP contribution in [0, 0.1) is 0 Å². The first kappa shape index (κ1) is 23.2. The van der Waals surface area contributed by atoms with Gasteiger partial charge in [-0.25, -0.2) is 9.97 Å². The molecule has 0 fully saturated rings. The van der Waals surface area contributed by atoms with Crippen molar-refractivity contribution in [1.82, 2.24) is 19.9 Å². The van der Waals surface area contributed by atoms with E-state index in [-0.39, 0.29) is 18.4 Å². The standard InChI is InChI=1S/C26H27N5O3S/c1-31-24-19(28-22(32)15-34-2)12-17(13-20(24)30-25(31)16-8-4-3-5-9-16)26(33)27-14-23-29-18-10-6-7-11-21(18)35-23/h3-5,8-9,12-13H,6-7,10-11,14-15H2,1-2H3,(H,27,33)(H,28,32). The third kappa shape index (κ3) is 4.82. The van der Waals surface area contributed by atoms with Gasteiger partial charge in [-0.2, -0.15) is 0 Å². The molecule has 180 valence electrons. The number of anilines is 1. The summed E-state index contributed by atoms with van der Waals surface area (Å²) in [5, 5.41) is 6.78. The lowest BCUT2D eigenvalue weighted by atomic mass is 10.0. The number of thiazole rings is 1. The van der Waals surface area contributed by atoms with E-state index in [4.69, 9.17) is 14.7 Å². The smallest absolute Gasteiger partial charge is 0.251 e. The van der Waals surface area contributed by atoms with E-state index in [1.54, 1.807) is 23.5 Å². The summed E-state index contributed by atoms with van der Waals surface area (Å²) in [4.78, 5) is 36.3. The SMILES string of the molecule is COCC(=O)Nc1cc(C(=O)NCc2nc3c(s2)CCCC3)cc2nc(-c3ccccc3)n(C)c12. The molecule has 0 spiro atoms. The number of aromatic nitrogens is 3. The first-order valence-corrected chi connectivity index (χ1v) is 12.5. The number of methoxy groups -OCH3 is 1. The zero-order valence-corrected chi connectivity index (χ0v) is 20.6. The van der Waals surface area contributed by atoms with Gasteiger partial charge in [0.05, 0.1) is 29.0 Å². The number of nitrogens with one attached hydrogen (secondary N) is 2. The van der Waals surface area contributed by atoms with E-state index in [1.807, 2.05) is 41.9 Å². The van der Waals surface area contributed by atoms with Crippen LogP contribution in [0.4, 0.5) is 5.69 Å². The lowest BCUT2D eigenvalue weighted by Crippen LogP contribution is -2.23. The molecule has 0 radical (unpaired) electrons. The van der Waals surface area contributed by atoms with Gasteiger partial charge in [0.2, 0.25) is 5.91 Å². The first-order valence-electron chi connectivity index (χ1n) is 11.6. The van der Waals surface area contributed by atoms with E-state index in [0.717, 1.165) is 34.8 Å². The number of hydrogen-bond acceptors (Lipinski definition) is 6. The van der Waals surface area contributed by atoms with E-state index in [1.165, 1.54) is 30.5 Å². The van der Waals surface area contributed by atoms with Crippen molar-refractivity contribution in [2.75, 3.05) is 19.0 Å². The van der Waals surface area contributed by atoms with Crippen molar-refractivity contribution in [2.24, 2.45) is 7.05 Å². The molecule has 2 heterocycles. The maximum atomic E-state index is 13.1. The minimum Gasteiger partial charge on any atom is -0.375 e. The van der Waals surface area contributed by atoms with E-state index in [0.29, 0.717) is 23.3 Å². The van der Waals surface area contributed by atoms with Crippen molar-refractivity contribution in [1.29, 1.82) is 0 Å². The van der Waals surface area contributed by atoms with Gasteiger partial charge in [0.25, 0.3) is 5.91 Å². The maximum Gasteiger partial charge on any atom is 0.251 e. The van der Waals surface area contributed by atoms with Crippen LogP contribution in [-0.4, -0.2) is 40.1 Å². The molecule has 35 heavy (non-hydrogen) atoms. The second kappa shape index (κ2) is 9.97. The zero-order valence-electron chi connectivity index (χ0n) is 19.8. The molecule has 0 unspecified atom stereocenters. The van der Waals surface area contributed by atoms with Crippen LogP contribution in [0.25, 0.3) is 22.4 Å². The largest absolute Gasteiger partial charge is 0.375 e. The Morgan fingerprint density at radius 1 is 1.11 bits per heavy atom. The molecular formula is C26H27N5O3S. The molecule has 4 aromatic rings. The highest BCUT2D eigenvalue weighted by atomic mass is 32.1. The molecule has 8 nitrogen and oxygen atoms in total. The Bertz CT molecular complexity index is 1370. The Hall–Kier alpha value is -3.56. The summed E-state index contributed by atoms with van der Waals surface area (Å²) >= 11 is 1.68. The molecule has 9 heteroatoms. The number of rotatable bonds is 7. The maximum absolute atomic E-state index is 13.1. The van der Waals surface area contributed by atoms with Gasteiger partial charge in [-0.3, -0.25) is 9.59 Å². The highest BCUT2D eigenvalue weighted by Gasteiger charge is 2.20. The molecule has 0 saturated carbocycles. The molecule has 0 aliphatic heterocycles. The third-order valence-corrected chi connectivity index (χ3v) is 7.26. The number of fused-ring (bicyclic) bond motifs is 2. The second-order valence-corrected chi connectivity index (χ2v) is 9.77. The summed E-state index contributed by atoms with van der Waals surface area (Å²) in [5.74, 6) is 0.199. The number of nitrogens with zero attached hydrogens (tertiary/aromatic N) is 3. The number of amides is 2. The highest BCUT2D eigenvalue weighted by molar-refractivity contribution is 7.11. The van der Waals surface area contributed by atoms with Crippen LogP contribution in [0.5, 0.6) is 0 Å². The molecule has 2 amide bonds. The van der Waals surface area contributed by atoms with Gasteiger partial charge < -0.3 is 19.9 Å². The molecular weight excluding hydrogens is 462 g/mol. The first-order chi connectivity index (χ1) is 17.0. The minimum absolute atomic E-state index is 0.0873. The Morgan fingerprint density at radius 3 is 2.69 bits per heavy atom. The molecule has 2 aromatic carbocycles. The fraction of sp³-hybridized carbons (Fsp3) is 0.308. The van der Waals surface area contributed by atoms with Crippen LogP contribution in [0.3, 0.4) is 0 Å². The molecule has 1 aliphatic rings. The quantitative estimate of drug-likeness (QED) is 0.408. The number of ether oxygens (including phenoxy) is 1.